The van der Waals surface area contributed by atoms with Crippen LogP contribution in [0.5, 0.6) is 23.0 Å². The second-order valence-corrected chi connectivity index (χ2v) is 6.73. The van der Waals surface area contributed by atoms with Gasteiger partial charge in [-0.25, -0.2) is 0 Å². The molecule has 0 aliphatic carbocycles. The largest absolute Gasteiger partial charge is 0.493 e. The number of methoxy groups -OCH3 is 3. The molecule has 0 saturated heterocycles. The Bertz CT molecular complexity index is 1180. The van der Waals surface area contributed by atoms with Gasteiger partial charge < -0.3 is 34.4 Å². The summed E-state index contributed by atoms with van der Waals surface area (Å²) in [7, 11) is 4.61. The maximum atomic E-state index is 9.84. The molecule has 1 aliphatic heterocycles. The Kier molecular flexibility index (Phi) is 4.90. The van der Waals surface area contributed by atoms with E-state index in [2.05, 4.69) is 6.07 Å². The van der Waals surface area contributed by atoms with E-state index in [0.29, 0.717) is 23.0 Å². The number of hydrogen-bond donors (Lipinski definition) is 2. The highest BCUT2D eigenvalue weighted by molar-refractivity contribution is 5.89. The summed E-state index contributed by atoms with van der Waals surface area (Å²) in [5, 5.41) is 20.2. The Morgan fingerprint density at radius 1 is 1.13 bits per heavy atom. The summed E-state index contributed by atoms with van der Waals surface area (Å²) >= 11 is 0. The quantitative estimate of drug-likeness (QED) is 0.669. The molecule has 2 aromatic carbocycles. The van der Waals surface area contributed by atoms with Crippen molar-refractivity contribution < 1.29 is 24.1 Å². The Labute approximate surface area is 173 Å². The molecule has 30 heavy (non-hydrogen) atoms. The monoisotopic (exact) mass is 407 g/mol. The first kappa shape index (κ1) is 19.5. The van der Waals surface area contributed by atoms with Crippen molar-refractivity contribution in [1.29, 1.82) is 5.26 Å². The number of hydrogen-bond acceptors (Lipinski definition) is 7. The Hall–Kier alpha value is -3.83. The van der Waals surface area contributed by atoms with Gasteiger partial charge in [-0.15, -0.1) is 0 Å². The standard InChI is InChI=1S/C22H21N3O5/c1-27-17-8-12(9-18(28-2)21(17)29-3)19-14-4-5-16-13(6-7-25(16)11-26)20(14)30-22(24)15(19)10-23/h4-9,19,26H,11,24H2,1-3H3. The summed E-state index contributed by atoms with van der Waals surface area (Å²) in [6, 6.07) is 11.4. The first-order valence-corrected chi connectivity index (χ1v) is 9.18. The average Bonchev–Trinajstić information content (AvgIpc) is 3.20. The molecule has 1 aliphatic rings. The predicted molar refractivity (Wildman–Crippen MR) is 110 cm³/mol. The van der Waals surface area contributed by atoms with Crippen molar-refractivity contribution in [2.75, 3.05) is 21.3 Å². The molecule has 1 aromatic heterocycles. The molecule has 3 aromatic rings. The van der Waals surface area contributed by atoms with Crippen molar-refractivity contribution in [2.24, 2.45) is 5.73 Å². The summed E-state index contributed by atoms with van der Waals surface area (Å²) in [5.74, 6) is 1.51. The molecule has 1 atom stereocenters. The maximum absolute atomic E-state index is 9.84. The first-order valence-electron chi connectivity index (χ1n) is 9.18. The Balaban J connectivity index is 1.99. The van der Waals surface area contributed by atoms with Gasteiger partial charge in [-0.3, -0.25) is 0 Å². The molecule has 4 rings (SSSR count). The molecular formula is C22H21N3O5. The zero-order valence-corrected chi connectivity index (χ0v) is 16.8. The number of aliphatic hydroxyl groups excluding tert-OH is 1. The number of aromatic nitrogens is 1. The molecule has 0 fully saturated rings. The Morgan fingerprint density at radius 3 is 2.40 bits per heavy atom. The SMILES string of the molecule is COc1cc(C2C(C#N)=C(N)Oc3c2ccc2c3ccn2CO)cc(OC)c1OC. The van der Waals surface area contributed by atoms with Crippen molar-refractivity contribution >= 4 is 10.9 Å². The van der Waals surface area contributed by atoms with E-state index in [4.69, 9.17) is 24.7 Å². The van der Waals surface area contributed by atoms with Crippen LogP contribution in [0.2, 0.25) is 0 Å². The topological polar surface area (TPSA) is 112 Å². The lowest BCUT2D eigenvalue weighted by molar-refractivity contribution is 0.215. The molecule has 0 amide bonds. The minimum absolute atomic E-state index is 0.0352. The molecular weight excluding hydrogens is 386 g/mol. The van der Waals surface area contributed by atoms with Gasteiger partial charge in [0.05, 0.1) is 32.8 Å². The molecule has 0 bridgehead atoms. The maximum Gasteiger partial charge on any atom is 0.205 e. The third kappa shape index (κ3) is 2.79. The molecule has 154 valence electrons. The van der Waals surface area contributed by atoms with Crippen LogP contribution >= 0.6 is 0 Å². The van der Waals surface area contributed by atoms with Gasteiger partial charge in [0.25, 0.3) is 0 Å². The zero-order valence-electron chi connectivity index (χ0n) is 16.8. The molecule has 0 saturated carbocycles. The second kappa shape index (κ2) is 7.54. The summed E-state index contributed by atoms with van der Waals surface area (Å²) in [6.45, 7) is -0.159. The van der Waals surface area contributed by atoms with Gasteiger partial charge in [0, 0.05) is 17.1 Å². The number of nitrogens with two attached hydrogens (primary N) is 1. The normalized spacial score (nSPS) is 15.4. The molecule has 0 radical (unpaired) electrons. The van der Waals surface area contributed by atoms with Crippen LogP contribution in [-0.2, 0) is 6.73 Å². The number of ether oxygens (including phenoxy) is 4. The summed E-state index contributed by atoms with van der Waals surface area (Å²) < 4.78 is 23.9. The Morgan fingerprint density at radius 2 is 1.83 bits per heavy atom. The van der Waals surface area contributed by atoms with E-state index in [1.54, 1.807) is 22.9 Å². The van der Waals surface area contributed by atoms with Crippen molar-refractivity contribution in [1.82, 2.24) is 4.57 Å². The van der Waals surface area contributed by atoms with E-state index in [1.165, 1.54) is 21.3 Å². The third-order valence-electron chi connectivity index (χ3n) is 5.30. The number of rotatable bonds is 5. The number of nitrogens with zero attached hydrogens (tertiary/aromatic N) is 2. The van der Waals surface area contributed by atoms with E-state index in [9.17, 15) is 10.4 Å². The summed E-state index contributed by atoms with van der Waals surface area (Å²) in [6.07, 6.45) is 1.77. The van der Waals surface area contributed by atoms with E-state index >= 15 is 0 Å². The van der Waals surface area contributed by atoms with Gasteiger partial charge in [-0.05, 0) is 29.8 Å². The fraction of sp³-hybridized carbons (Fsp3) is 0.227. The highest BCUT2D eigenvalue weighted by Gasteiger charge is 2.33. The van der Waals surface area contributed by atoms with Gasteiger partial charge in [-0.1, -0.05) is 6.07 Å². The highest BCUT2D eigenvalue weighted by Crippen LogP contribution is 2.48. The lowest BCUT2D eigenvalue weighted by Gasteiger charge is -2.28. The summed E-state index contributed by atoms with van der Waals surface area (Å²) in [4.78, 5) is 0. The van der Waals surface area contributed by atoms with E-state index in [0.717, 1.165) is 22.0 Å². The summed E-state index contributed by atoms with van der Waals surface area (Å²) in [5.41, 5.74) is 8.76. The fourth-order valence-corrected chi connectivity index (χ4v) is 3.92. The lowest BCUT2D eigenvalue weighted by atomic mass is 9.82. The molecule has 1 unspecified atom stereocenters. The van der Waals surface area contributed by atoms with Gasteiger partial charge >= 0.3 is 0 Å². The fourth-order valence-electron chi connectivity index (χ4n) is 3.92. The van der Waals surface area contributed by atoms with E-state index < -0.39 is 5.92 Å². The lowest BCUT2D eigenvalue weighted by Crippen LogP contribution is -2.21. The number of allylic oxidation sites excluding steroid dienone is 1. The number of fused-ring (bicyclic) bond motifs is 3. The molecule has 3 N–H and O–H groups in total. The highest BCUT2D eigenvalue weighted by atomic mass is 16.5. The van der Waals surface area contributed by atoms with Gasteiger partial charge in [0.1, 0.15) is 24.1 Å². The predicted octanol–water partition coefficient (Wildman–Crippen LogP) is 2.84. The number of benzene rings is 2. The minimum Gasteiger partial charge on any atom is -0.493 e. The third-order valence-corrected chi connectivity index (χ3v) is 5.30. The number of aliphatic hydroxyl groups is 1. The molecule has 0 spiro atoms. The van der Waals surface area contributed by atoms with Crippen molar-refractivity contribution in [3.8, 4) is 29.1 Å². The van der Waals surface area contributed by atoms with Crippen LogP contribution in [0, 0.1) is 11.3 Å². The number of nitriles is 1. The molecule has 2 heterocycles. The van der Waals surface area contributed by atoms with Gasteiger partial charge in [-0.2, -0.15) is 5.26 Å². The smallest absolute Gasteiger partial charge is 0.205 e. The van der Waals surface area contributed by atoms with Crippen molar-refractivity contribution in [3.05, 3.63) is 59.1 Å². The van der Waals surface area contributed by atoms with Crippen LogP contribution in [0.1, 0.15) is 17.0 Å². The minimum atomic E-state index is -0.491. The zero-order chi connectivity index (χ0) is 21.4. The second-order valence-electron chi connectivity index (χ2n) is 6.73. The molecule has 8 nitrogen and oxygen atoms in total. The van der Waals surface area contributed by atoms with Gasteiger partial charge in [0.2, 0.25) is 11.6 Å². The van der Waals surface area contributed by atoms with Crippen LogP contribution in [0.4, 0.5) is 0 Å². The first-order chi connectivity index (χ1) is 14.6. The van der Waals surface area contributed by atoms with Crippen LogP contribution in [0.15, 0.2) is 48.0 Å². The van der Waals surface area contributed by atoms with Crippen molar-refractivity contribution in [2.45, 2.75) is 12.6 Å². The van der Waals surface area contributed by atoms with Crippen LogP contribution in [0.25, 0.3) is 10.9 Å². The van der Waals surface area contributed by atoms with Crippen molar-refractivity contribution in [3.63, 3.8) is 0 Å². The van der Waals surface area contributed by atoms with Gasteiger partial charge in [0.15, 0.2) is 11.5 Å². The van der Waals surface area contributed by atoms with Crippen LogP contribution < -0.4 is 24.7 Å². The van der Waals surface area contributed by atoms with Crippen LogP contribution in [0.3, 0.4) is 0 Å². The average molecular weight is 407 g/mol. The van der Waals surface area contributed by atoms with E-state index in [-0.39, 0.29) is 18.2 Å². The van der Waals surface area contributed by atoms with E-state index in [1.807, 2.05) is 18.2 Å². The molecule has 8 heteroatoms. The van der Waals surface area contributed by atoms with Crippen LogP contribution in [-0.4, -0.2) is 31.0 Å².